The Kier molecular flexibility index (Phi) is 9.67. The van der Waals surface area contributed by atoms with Gasteiger partial charge in [-0.1, -0.05) is 32.6 Å². The van der Waals surface area contributed by atoms with E-state index in [1.54, 1.807) is 0 Å². The van der Waals surface area contributed by atoms with Gasteiger partial charge in [-0.05, 0) is 51.1 Å². The Hall–Kier alpha value is -0.810. The molecule has 24 heavy (non-hydrogen) atoms. The summed E-state index contributed by atoms with van der Waals surface area (Å²) in [5, 5.41) is 9.48. The van der Waals surface area contributed by atoms with E-state index in [-0.39, 0.29) is 24.2 Å². The summed E-state index contributed by atoms with van der Waals surface area (Å²) in [5.41, 5.74) is -0.656. The van der Waals surface area contributed by atoms with Gasteiger partial charge in [0.1, 0.15) is 5.54 Å². The number of hydrogen-bond donors (Lipinski definition) is 3. The Morgan fingerprint density at radius 2 is 1.96 bits per heavy atom. The molecule has 0 aromatic heterocycles. The molecule has 2 aliphatic rings. The highest BCUT2D eigenvalue weighted by Gasteiger charge is 2.40. The molecule has 0 radical (unpaired) electrons. The van der Waals surface area contributed by atoms with Crippen molar-refractivity contribution in [3.05, 3.63) is 0 Å². The van der Waals surface area contributed by atoms with E-state index >= 15 is 0 Å². The van der Waals surface area contributed by atoms with E-state index in [9.17, 15) is 9.59 Å². The summed E-state index contributed by atoms with van der Waals surface area (Å²) in [4.78, 5) is 25.1. The Bertz CT molecular complexity index is 392. The molecule has 2 amide bonds. The molecule has 1 atom stereocenters. The van der Waals surface area contributed by atoms with Gasteiger partial charge in [-0.2, -0.15) is 0 Å². The highest BCUT2D eigenvalue weighted by atomic mass is 35.5. The summed E-state index contributed by atoms with van der Waals surface area (Å²) >= 11 is 0. The summed E-state index contributed by atoms with van der Waals surface area (Å²) in [6.07, 6.45) is 9.44. The van der Waals surface area contributed by atoms with Crippen LogP contribution >= 0.6 is 12.4 Å². The van der Waals surface area contributed by atoms with Crippen LogP contribution in [0.25, 0.3) is 0 Å². The third-order valence-electron chi connectivity index (χ3n) is 5.28. The standard InChI is InChI=1S/C18H33N3O2.ClH/c1-2-3-12-20-17(23)18(10-5-4-6-11-18)21-16(22)8-7-15-9-13-19-14-15;/h15,19H,2-14H2,1H3,(H,20,23)(H,21,22);1H. The van der Waals surface area contributed by atoms with E-state index in [1.807, 2.05) is 0 Å². The molecule has 2 rings (SSSR count). The lowest BCUT2D eigenvalue weighted by Crippen LogP contribution is -2.59. The van der Waals surface area contributed by atoms with Crippen molar-refractivity contribution in [2.45, 2.75) is 76.7 Å². The maximum atomic E-state index is 12.7. The predicted octanol–water partition coefficient (Wildman–Crippen LogP) is 2.53. The van der Waals surface area contributed by atoms with Crippen molar-refractivity contribution in [1.82, 2.24) is 16.0 Å². The number of hydrogen-bond acceptors (Lipinski definition) is 3. The van der Waals surface area contributed by atoms with Crippen LogP contribution in [0.4, 0.5) is 0 Å². The SMILES string of the molecule is CCCCNC(=O)C1(NC(=O)CCC2CCNC2)CCCCC1.Cl. The van der Waals surface area contributed by atoms with Gasteiger partial charge in [0.25, 0.3) is 0 Å². The highest BCUT2D eigenvalue weighted by molar-refractivity contribution is 5.91. The summed E-state index contributed by atoms with van der Waals surface area (Å²) in [5.74, 6) is 0.687. The predicted molar refractivity (Wildman–Crippen MR) is 99.3 cm³/mol. The first kappa shape index (κ1) is 21.2. The topological polar surface area (TPSA) is 70.2 Å². The van der Waals surface area contributed by atoms with Crippen LogP contribution in [0.1, 0.15) is 71.1 Å². The molecule has 1 aliphatic heterocycles. The Labute approximate surface area is 152 Å². The van der Waals surface area contributed by atoms with Gasteiger partial charge in [-0.15, -0.1) is 12.4 Å². The number of nitrogens with one attached hydrogen (secondary N) is 3. The van der Waals surface area contributed by atoms with Crippen LogP contribution in [-0.2, 0) is 9.59 Å². The largest absolute Gasteiger partial charge is 0.354 e. The van der Waals surface area contributed by atoms with Crippen LogP contribution in [0.3, 0.4) is 0 Å². The number of carbonyl (C=O) groups excluding carboxylic acids is 2. The summed E-state index contributed by atoms with van der Waals surface area (Å²) in [6.45, 7) is 4.91. The van der Waals surface area contributed by atoms with Crippen LogP contribution in [0.5, 0.6) is 0 Å². The minimum Gasteiger partial charge on any atom is -0.354 e. The van der Waals surface area contributed by atoms with Gasteiger partial charge >= 0.3 is 0 Å². The first-order valence-corrected chi connectivity index (χ1v) is 9.46. The van der Waals surface area contributed by atoms with Crippen molar-refractivity contribution in [3.8, 4) is 0 Å². The smallest absolute Gasteiger partial charge is 0.245 e. The van der Waals surface area contributed by atoms with E-state index in [0.29, 0.717) is 18.9 Å². The Morgan fingerprint density at radius 1 is 1.21 bits per heavy atom. The van der Waals surface area contributed by atoms with Crippen molar-refractivity contribution in [1.29, 1.82) is 0 Å². The van der Waals surface area contributed by atoms with Gasteiger partial charge < -0.3 is 16.0 Å². The van der Waals surface area contributed by atoms with Crippen molar-refractivity contribution >= 4 is 24.2 Å². The van der Waals surface area contributed by atoms with E-state index in [0.717, 1.165) is 70.9 Å². The van der Waals surface area contributed by atoms with Crippen LogP contribution in [0.2, 0.25) is 0 Å². The van der Waals surface area contributed by atoms with Crippen LogP contribution < -0.4 is 16.0 Å². The van der Waals surface area contributed by atoms with Gasteiger partial charge in [0.15, 0.2) is 0 Å². The van der Waals surface area contributed by atoms with Crippen molar-refractivity contribution in [3.63, 3.8) is 0 Å². The number of unbranched alkanes of at least 4 members (excludes halogenated alkanes) is 1. The lowest BCUT2D eigenvalue weighted by molar-refractivity contribution is -0.135. The fourth-order valence-corrected chi connectivity index (χ4v) is 3.74. The maximum Gasteiger partial charge on any atom is 0.245 e. The number of amides is 2. The highest BCUT2D eigenvalue weighted by Crippen LogP contribution is 2.29. The Morgan fingerprint density at radius 3 is 2.58 bits per heavy atom. The first-order valence-electron chi connectivity index (χ1n) is 9.46. The summed E-state index contributed by atoms with van der Waals surface area (Å²) in [7, 11) is 0. The molecule has 3 N–H and O–H groups in total. The minimum absolute atomic E-state index is 0. The summed E-state index contributed by atoms with van der Waals surface area (Å²) in [6, 6.07) is 0. The zero-order valence-corrected chi connectivity index (χ0v) is 15.8. The molecule has 1 heterocycles. The molecule has 1 saturated heterocycles. The number of halogens is 1. The molecular formula is C18H34ClN3O2. The van der Waals surface area contributed by atoms with Gasteiger partial charge in [-0.3, -0.25) is 9.59 Å². The lowest BCUT2D eigenvalue weighted by Gasteiger charge is -2.36. The molecule has 0 bridgehead atoms. The number of rotatable bonds is 8. The normalized spacial score (nSPS) is 22.5. The Balaban J connectivity index is 0.00000288. The second kappa shape index (κ2) is 10.9. The van der Waals surface area contributed by atoms with Gasteiger partial charge in [-0.25, -0.2) is 0 Å². The fourth-order valence-electron chi connectivity index (χ4n) is 3.74. The van der Waals surface area contributed by atoms with Crippen LogP contribution in [-0.4, -0.2) is 37.0 Å². The fraction of sp³-hybridized carbons (Fsp3) is 0.889. The minimum atomic E-state index is -0.656. The molecule has 0 spiro atoms. The van der Waals surface area contributed by atoms with E-state index < -0.39 is 5.54 Å². The third-order valence-corrected chi connectivity index (χ3v) is 5.28. The second-order valence-corrected chi connectivity index (χ2v) is 7.20. The van der Waals surface area contributed by atoms with E-state index in [4.69, 9.17) is 0 Å². The lowest BCUT2D eigenvalue weighted by atomic mass is 9.80. The van der Waals surface area contributed by atoms with Crippen molar-refractivity contribution in [2.24, 2.45) is 5.92 Å². The molecule has 6 heteroatoms. The molecule has 1 unspecified atom stereocenters. The van der Waals surface area contributed by atoms with Crippen LogP contribution in [0.15, 0.2) is 0 Å². The molecule has 1 saturated carbocycles. The van der Waals surface area contributed by atoms with Gasteiger partial charge in [0.2, 0.25) is 11.8 Å². The average Bonchev–Trinajstić information content (AvgIpc) is 3.07. The van der Waals surface area contributed by atoms with Gasteiger partial charge in [0, 0.05) is 13.0 Å². The quantitative estimate of drug-likeness (QED) is 0.583. The first-order chi connectivity index (χ1) is 11.2. The molecule has 1 aliphatic carbocycles. The van der Waals surface area contributed by atoms with E-state index in [2.05, 4.69) is 22.9 Å². The third kappa shape index (κ3) is 6.25. The molecule has 0 aromatic rings. The molecular weight excluding hydrogens is 326 g/mol. The average molecular weight is 360 g/mol. The molecule has 5 nitrogen and oxygen atoms in total. The zero-order chi connectivity index (χ0) is 16.5. The zero-order valence-electron chi connectivity index (χ0n) is 15.0. The monoisotopic (exact) mass is 359 g/mol. The molecule has 140 valence electrons. The maximum absolute atomic E-state index is 12.7. The summed E-state index contributed by atoms with van der Waals surface area (Å²) < 4.78 is 0. The molecule has 0 aromatic carbocycles. The van der Waals surface area contributed by atoms with Gasteiger partial charge in [0.05, 0.1) is 0 Å². The number of carbonyl (C=O) groups is 2. The van der Waals surface area contributed by atoms with Crippen LogP contribution in [0, 0.1) is 5.92 Å². The second-order valence-electron chi connectivity index (χ2n) is 7.20. The van der Waals surface area contributed by atoms with Crippen molar-refractivity contribution in [2.75, 3.05) is 19.6 Å². The molecule has 2 fully saturated rings. The van der Waals surface area contributed by atoms with E-state index in [1.165, 1.54) is 0 Å². The van der Waals surface area contributed by atoms with Crippen molar-refractivity contribution < 1.29 is 9.59 Å².